The Morgan fingerprint density at radius 1 is 1.47 bits per heavy atom. The van der Waals surface area contributed by atoms with Crippen LogP contribution in [0.1, 0.15) is 40.0 Å². The molecule has 0 bridgehead atoms. The van der Waals surface area contributed by atoms with Crippen LogP contribution < -0.4 is 0 Å². The van der Waals surface area contributed by atoms with Crippen molar-refractivity contribution in [2.45, 2.75) is 51.2 Å². The van der Waals surface area contributed by atoms with Gasteiger partial charge in [-0.2, -0.15) is 0 Å². The lowest BCUT2D eigenvalue weighted by molar-refractivity contribution is -0.573. The van der Waals surface area contributed by atoms with Gasteiger partial charge < -0.3 is 5.11 Å². The second-order valence-electron chi connectivity index (χ2n) is 4.98. The normalized spacial score (nSPS) is 41.2. The largest absolute Gasteiger partial charge is 0.389 e. The number of ketones is 1. The fourth-order valence-corrected chi connectivity index (χ4v) is 2.21. The van der Waals surface area contributed by atoms with Gasteiger partial charge in [0.15, 0.2) is 0 Å². The molecule has 0 aliphatic heterocycles. The number of hydrogen-bond acceptors (Lipinski definition) is 4. The van der Waals surface area contributed by atoms with Gasteiger partial charge in [0.05, 0.1) is 11.5 Å². The average molecular weight is 215 g/mol. The number of rotatable bonds is 2. The van der Waals surface area contributed by atoms with Gasteiger partial charge in [0.1, 0.15) is 5.78 Å². The molecule has 0 aromatic heterocycles. The van der Waals surface area contributed by atoms with Crippen LogP contribution in [-0.2, 0) is 4.79 Å². The number of hydrogen-bond donors (Lipinski definition) is 1. The van der Waals surface area contributed by atoms with Gasteiger partial charge in [-0.15, -0.1) is 0 Å². The summed E-state index contributed by atoms with van der Waals surface area (Å²) in [5, 5.41) is 20.8. The molecule has 1 saturated carbocycles. The third kappa shape index (κ3) is 2.17. The highest BCUT2D eigenvalue weighted by Crippen LogP contribution is 2.40. The van der Waals surface area contributed by atoms with E-state index < -0.39 is 17.1 Å². The zero-order chi connectivity index (χ0) is 11.9. The van der Waals surface area contributed by atoms with Crippen LogP contribution in [0, 0.1) is 16.0 Å². The summed E-state index contributed by atoms with van der Waals surface area (Å²) >= 11 is 0. The van der Waals surface area contributed by atoms with E-state index in [2.05, 4.69) is 0 Å². The molecule has 1 N–H and O–H groups in total. The first kappa shape index (κ1) is 12.1. The molecule has 1 aliphatic rings. The van der Waals surface area contributed by atoms with Gasteiger partial charge in [-0.25, -0.2) is 0 Å². The third-order valence-electron chi connectivity index (χ3n) is 3.50. The van der Waals surface area contributed by atoms with Crippen molar-refractivity contribution in [1.82, 2.24) is 0 Å². The van der Waals surface area contributed by atoms with Gasteiger partial charge in [0, 0.05) is 24.7 Å². The van der Waals surface area contributed by atoms with Crippen molar-refractivity contribution >= 4 is 5.78 Å². The number of carbonyl (C=O) groups excluding carboxylic acids is 1. The fourth-order valence-electron chi connectivity index (χ4n) is 2.21. The summed E-state index contributed by atoms with van der Waals surface area (Å²) in [6, 6.07) is 0. The molecule has 0 spiro atoms. The van der Waals surface area contributed by atoms with E-state index in [-0.39, 0.29) is 17.1 Å². The molecule has 5 nitrogen and oxygen atoms in total. The van der Waals surface area contributed by atoms with E-state index in [9.17, 15) is 20.0 Å². The Hall–Kier alpha value is -0.970. The molecule has 0 aromatic rings. The summed E-state index contributed by atoms with van der Waals surface area (Å²) < 4.78 is 0. The second-order valence-corrected chi connectivity index (χ2v) is 4.98. The molecule has 0 heterocycles. The quantitative estimate of drug-likeness (QED) is 0.553. The molecule has 86 valence electrons. The minimum absolute atomic E-state index is 0.127. The third-order valence-corrected chi connectivity index (χ3v) is 3.50. The Labute approximate surface area is 88.6 Å². The molecule has 0 aromatic carbocycles. The van der Waals surface area contributed by atoms with Crippen LogP contribution in [0.15, 0.2) is 0 Å². The zero-order valence-corrected chi connectivity index (χ0v) is 9.32. The predicted octanol–water partition coefficient (Wildman–Crippen LogP) is 1.16. The van der Waals surface area contributed by atoms with Gasteiger partial charge in [0.25, 0.3) is 0 Å². The van der Waals surface area contributed by atoms with Crippen molar-refractivity contribution in [3.63, 3.8) is 0 Å². The average Bonchev–Trinajstić information content (AvgIpc) is 2.09. The monoisotopic (exact) mass is 215 g/mol. The highest BCUT2D eigenvalue weighted by molar-refractivity contribution is 5.79. The molecule has 15 heavy (non-hydrogen) atoms. The van der Waals surface area contributed by atoms with Gasteiger partial charge in [-0.3, -0.25) is 14.9 Å². The van der Waals surface area contributed by atoms with Crippen molar-refractivity contribution in [2.75, 3.05) is 0 Å². The van der Waals surface area contributed by atoms with Crippen LogP contribution in [0.25, 0.3) is 0 Å². The fraction of sp³-hybridized carbons (Fsp3) is 0.900. The summed E-state index contributed by atoms with van der Waals surface area (Å²) in [5.74, 6) is -0.797. The van der Waals surface area contributed by atoms with Crippen LogP contribution in [0.2, 0.25) is 0 Å². The highest BCUT2D eigenvalue weighted by Gasteiger charge is 2.51. The van der Waals surface area contributed by atoms with E-state index in [1.807, 2.05) is 0 Å². The van der Waals surface area contributed by atoms with E-state index in [1.54, 1.807) is 6.92 Å². The van der Waals surface area contributed by atoms with Gasteiger partial charge >= 0.3 is 0 Å². The Morgan fingerprint density at radius 2 is 2.00 bits per heavy atom. The van der Waals surface area contributed by atoms with E-state index in [1.165, 1.54) is 13.8 Å². The first-order chi connectivity index (χ1) is 6.69. The highest BCUT2D eigenvalue weighted by atomic mass is 16.6. The molecular formula is C10H17NO4. The minimum Gasteiger partial charge on any atom is -0.389 e. The molecule has 3 unspecified atom stereocenters. The predicted molar refractivity (Wildman–Crippen MR) is 54.0 cm³/mol. The Kier molecular flexibility index (Phi) is 2.87. The summed E-state index contributed by atoms with van der Waals surface area (Å²) in [6.45, 7) is 4.50. The zero-order valence-electron chi connectivity index (χ0n) is 9.32. The number of nitro groups is 1. The van der Waals surface area contributed by atoms with Crippen molar-refractivity contribution in [3.8, 4) is 0 Å². The number of carbonyl (C=O) groups is 1. The van der Waals surface area contributed by atoms with Crippen LogP contribution in [-0.4, -0.2) is 27.0 Å². The first-order valence-corrected chi connectivity index (χ1v) is 5.06. The van der Waals surface area contributed by atoms with Crippen LogP contribution in [0.5, 0.6) is 0 Å². The van der Waals surface area contributed by atoms with Crippen molar-refractivity contribution in [3.05, 3.63) is 10.1 Å². The molecule has 1 aliphatic carbocycles. The maximum absolute atomic E-state index is 11.3. The molecule has 0 saturated heterocycles. The van der Waals surface area contributed by atoms with Crippen LogP contribution in [0.3, 0.4) is 0 Å². The van der Waals surface area contributed by atoms with Crippen molar-refractivity contribution in [1.29, 1.82) is 0 Å². The number of Topliss-reactive ketones (excluding diaryl/α,β-unsaturated/α-hetero) is 1. The second kappa shape index (κ2) is 3.56. The molecule has 3 atom stereocenters. The minimum atomic E-state index is -1.10. The van der Waals surface area contributed by atoms with Crippen molar-refractivity contribution < 1.29 is 14.8 Å². The van der Waals surface area contributed by atoms with E-state index in [0.717, 1.165) is 0 Å². The van der Waals surface area contributed by atoms with Gasteiger partial charge in [-0.1, -0.05) is 0 Å². The molecule has 5 heteroatoms. The Morgan fingerprint density at radius 3 is 2.40 bits per heavy atom. The lowest BCUT2D eigenvalue weighted by Crippen LogP contribution is -2.52. The Balaban J connectivity index is 2.93. The molecule has 1 fully saturated rings. The lowest BCUT2D eigenvalue weighted by Gasteiger charge is -2.40. The standard InChI is InChI=1S/C10H17NO4/c1-7(12)8-6-9(2,11(14)15)4-5-10(8,3)13/h8,13H,4-6H2,1-3H3. The van der Waals surface area contributed by atoms with Gasteiger partial charge in [-0.05, 0) is 20.3 Å². The van der Waals surface area contributed by atoms with E-state index in [4.69, 9.17) is 0 Å². The molecular weight excluding hydrogens is 198 g/mol. The summed E-state index contributed by atoms with van der Waals surface area (Å²) in [7, 11) is 0. The first-order valence-electron chi connectivity index (χ1n) is 5.06. The number of aliphatic hydroxyl groups is 1. The smallest absolute Gasteiger partial charge is 0.220 e. The topological polar surface area (TPSA) is 80.4 Å². The molecule has 0 radical (unpaired) electrons. The van der Waals surface area contributed by atoms with Crippen LogP contribution in [0.4, 0.5) is 0 Å². The SMILES string of the molecule is CC(=O)C1CC(C)([N+](=O)[O-])CCC1(C)O. The van der Waals surface area contributed by atoms with E-state index >= 15 is 0 Å². The van der Waals surface area contributed by atoms with Gasteiger partial charge in [0.2, 0.25) is 5.54 Å². The molecule has 0 amide bonds. The van der Waals surface area contributed by atoms with E-state index in [0.29, 0.717) is 12.8 Å². The summed E-state index contributed by atoms with van der Waals surface area (Å²) in [5.41, 5.74) is -2.17. The van der Waals surface area contributed by atoms with Crippen LogP contribution >= 0.6 is 0 Å². The maximum atomic E-state index is 11.3. The Bertz CT molecular complexity index is 300. The maximum Gasteiger partial charge on any atom is 0.220 e. The summed E-state index contributed by atoms with van der Waals surface area (Å²) in [4.78, 5) is 21.9. The lowest BCUT2D eigenvalue weighted by atomic mass is 9.67. The number of nitrogens with zero attached hydrogens (tertiary/aromatic N) is 1. The van der Waals surface area contributed by atoms with Crippen molar-refractivity contribution in [2.24, 2.45) is 5.92 Å². The molecule has 1 rings (SSSR count). The summed E-state index contributed by atoms with van der Waals surface area (Å²) in [6.07, 6.45) is 0.744.